The van der Waals surface area contributed by atoms with Crippen LogP contribution in [-0.2, 0) is 20.8 Å². The summed E-state index contributed by atoms with van der Waals surface area (Å²) in [5, 5.41) is 4.28. The molecule has 2 rings (SSSR count). The second-order valence-corrected chi connectivity index (χ2v) is 5.31. The Bertz CT molecular complexity index is 720. The van der Waals surface area contributed by atoms with E-state index in [1.54, 1.807) is 12.3 Å². The van der Waals surface area contributed by atoms with E-state index in [0.717, 1.165) is 5.39 Å². The highest BCUT2D eigenvalue weighted by Gasteiger charge is 2.10. The van der Waals surface area contributed by atoms with Crippen molar-refractivity contribution in [3.05, 3.63) is 46.9 Å². The number of hydrogen-bond donors (Lipinski definition) is 1. The SMILES string of the molecule is CCOC(CCNC(=O)Cn1ccc2ccccc2c1=O)OCC. The third kappa shape index (κ3) is 4.91. The Morgan fingerprint density at radius 2 is 1.88 bits per heavy atom. The van der Waals surface area contributed by atoms with Gasteiger partial charge in [0.25, 0.3) is 5.56 Å². The molecule has 0 aliphatic carbocycles. The van der Waals surface area contributed by atoms with Crippen molar-refractivity contribution in [2.45, 2.75) is 33.1 Å². The van der Waals surface area contributed by atoms with Gasteiger partial charge in [-0.25, -0.2) is 0 Å². The standard InChI is InChI=1S/C18H24N2O4/c1-3-23-17(24-4-2)9-11-19-16(21)13-20-12-10-14-7-5-6-8-15(14)18(20)22/h5-8,10,12,17H,3-4,9,11,13H2,1-2H3,(H,19,21). The molecule has 2 aromatic rings. The van der Waals surface area contributed by atoms with Gasteiger partial charge in [0.15, 0.2) is 6.29 Å². The van der Waals surface area contributed by atoms with Crippen molar-refractivity contribution in [1.29, 1.82) is 0 Å². The quantitative estimate of drug-likeness (QED) is 0.712. The number of benzene rings is 1. The number of fused-ring (bicyclic) bond motifs is 1. The van der Waals surface area contributed by atoms with Crippen molar-refractivity contribution in [1.82, 2.24) is 9.88 Å². The van der Waals surface area contributed by atoms with Crippen molar-refractivity contribution in [3.63, 3.8) is 0 Å². The molecule has 0 fully saturated rings. The summed E-state index contributed by atoms with van der Waals surface area (Å²) in [4.78, 5) is 24.4. The highest BCUT2D eigenvalue weighted by atomic mass is 16.7. The van der Waals surface area contributed by atoms with Gasteiger partial charge in [-0.1, -0.05) is 18.2 Å². The summed E-state index contributed by atoms with van der Waals surface area (Å²) in [5.74, 6) is -0.209. The molecule has 0 bridgehead atoms. The predicted molar refractivity (Wildman–Crippen MR) is 92.9 cm³/mol. The summed E-state index contributed by atoms with van der Waals surface area (Å²) in [5.41, 5.74) is -0.162. The number of pyridine rings is 1. The first kappa shape index (κ1) is 18.2. The van der Waals surface area contributed by atoms with Crippen LogP contribution in [-0.4, -0.2) is 36.5 Å². The minimum atomic E-state index is -0.316. The first-order chi connectivity index (χ1) is 11.7. The molecule has 0 atom stereocenters. The second kappa shape index (κ2) is 9.20. The summed E-state index contributed by atoms with van der Waals surface area (Å²) < 4.78 is 12.3. The average molecular weight is 332 g/mol. The molecule has 0 spiro atoms. The Labute approximate surface area is 141 Å². The molecule has 1 aromatic heterocycles. The zero-order chi connectivity index (χ0) is 17.4. The van der Waals surface area contributed by atoms with Gasteiger partial charge < -0.3 is 19.4 Å². The van der Waals surface area contributed by atoms with Crippen molar-refractivity contribution < 1.29 is 14.3 Å². The summed E-state index contributed by atoms with van der Waals surface area (Å²) in [6, 6.07) is 9.18. The van der Waals surface area contributed by atoms with Gasteiger partial charge in [0.05, 0.1) is 0 Å². The number of aromatic nitrogens is 1. The number of rotatable bonds is 9. The maximum Gasteiger partial charge on any atom is 0.258 e. The molecule has 6 heteroatoms. The van der Waals surface area contributed by atoms with Crippen LogP contribution in [0.1, 0.15) is 20.3 Å². The fourth-order valence-corrected chi connectivity index (χ4v) is 2.48. The highest BCUT2D eigenvalue weighted by molar-refractivity contribution is 5.82. The smallest absolute Gasteiger partial charge is 0.258 e. The number of nitrogens with one attached hydrogen (secondary N) is 1. The number of ether oxygens (including phenoxy) is 2. The number of nitrogens with zero attached hydrogens (tertiary/aromatic N) is 1. The van der Waals surface area contributed by atoms with Gasteiger partial charge in [-0.15, -0.1) is 0 Å². The maximum atomic E-state index is 12.4. The van der Waals surface area contributed by atoms with E-state index in [4.69, 9.17) is 9.47 Å². The van der Waals surface area contributed by atoms with Crippen LogP contribution in [0.5, 0.6) is 0 Å². The van der Waals surface area contributed by atoms with E-state index < -0.39 is 0 Å². The lowest BCUT2D eigenvalue weighted by molar-refractivity contribution is -0.139. The molecule has 0 radical (unpaired) electrons. The van der Waals surface area contributed by atoms with E-state index in [-0.39, 0.29) is 24.3 Å². The molecule has 1 aromatic carbocycles. The van der Waals surface area contributed by atoms with Crippen LogP contribution in [0.2, 0.25) is 0 Å². The number of carbonyl (C=O) groups is 1. The molecule has 1 amide bonds. The molecule has 1 heterocycles. The van der Waals surface area contributed by atoms with Gasteiger partial charge in [0.1, 0.15) is 6.54 Å². The van der Waals surface area contributed by atoms with Crippen LogP contribution in [0.3, 0.4) is 0 Å². The average Bonchev–Trinajstić information content (AvgIpc) is 2.58. The number of carbonyl (C=O) groups excluding carboxylic acids is 1. The molecule has 0 saturated heterocycles. The van der Waals surface area contributed by atoms with E-state index in [1.807, 2.05) is 38.1 Å². The molecule has 24 heavy (non-hydrogen) atoms. The fraction of sp³-hybridized carbons (Fsp3) is 0.444. The molecule has 130 valence electrons. The van der Waals surface area contributed by atoms with E-state index >= 15 is 0 Å². The van der Waals surface area contributed by atoms with Crippen LogP contribution in [0.15, 0.2) is 41.3 Å². The van der Waals surface area contributed by atoms with E-state index in [2.05, 4.69) is 5.32 Å². The molecular weight excluding hydrogens is 308 g/mol. The third-order valence-electron chi connectivity index (χ3n) is 3.61. The van der Waals surface area contributed by atoms with Crippen molar-refractivity contribution in [2.24, 2.45) is 0 Å². The lowest BCUT2D eigenvalue weighted by Crippen LogP contribution is -2.34. The lowest BCUT2D eigenvalue weighted by atomic mass is 10.2. The first-order valence-corrected chi connectivity index (χ1v) is 8.23. The van der Waals surface area contributed by atoms with Crippen molar-refractivity contribution in [2.75, 3.05) is 19.8 Å². The summed E-state index contributed by atoms with van der Waals surface area (Å²) in [6.07, 6.45) is 1.90. The van der Waals surface area contributed by atoms with Crippen molar-refractivity contribution >= 4 is 16.7 Å². The summed E-state index contributed by atoms with van der Waals surface area (Å²) >= 11 is 0. The topological polar surface area (TPSA) is 69.6 Å². The van der Waals surface area contributed by atoms with Gasteiger partial charge in [0.2, 0.25) is 5.91 Å². The Balaban J connectivity index is 1.91. The van der Waals surface area contributed by atoms with Crippen LogP contribution in [0.4, 0.5) is 0 Å². The summed E-state index contributed by atoms with van der Waals surface area (Å²) in [7, 11) is 0. The Kier molecular flexibility index (Phi) is 6.96. The van der Waals surface area contributed by atoms with Crippen LogP contribution in [0, 0.1) is 0 Å². The minimum Gasteiger partial charge on any atom is -0.354 e. The fourth-order valence-electron chi connectivity index (χ4n) is 2.48. The lowest BCUT2D eigenvalue weighted by Gasteiger charge is -2.17. The molecule has 0 saturated carbocycles. The van der Waals surface area contributed by atoms with E-state index in [0.29, 0.717) is 31.6 Å². The molecule has 6 nitrogen and oxygen atoms in total. The van der Waals surface area contributed by atoms with Gasteiger partial charge in [-0.05, 0) is 31.4 Å². The first-order valence-electron chi connectivity index (χ1n) is 8.23. The number of hydrogen-bond acceptors (Lipinski definition) is 4. The van der Waals surface area contributed by atoms with Crippen LogP contribution < -0.4 is 10.9 Å². The van der Waals surface area contributed by atoms with Gasteiger partial charge in [0, 0.05) is 37.8 Å². The molecule has 0 aliphatic rings. The van der Waals surface area contributed by atoms with E-state index in [9.17, 15) is 9.59 Å². The monoisotopic (exact) mass is 332 g/mol. The largest absolute Gasteiger partial charge is 0.354 e. The van der Waals surface area contributed by atoms with Gasteiger partial charge >= 0.3 is 0 Å². The Morgan fingerprint density at radius 1 is 1.17 bits per heavy atom. The molecular formula is C18H24N2O4. The van der Waals surface area contributed by atoms with Crippen LogP contribution in [0.25, 0.3) is 10.8 Å². The zero-order valence-corrected chi connectivity index (χ0v) is 14.2. The normalized spacial score (nSPS) is 11.1. The minimum absolute atomic E-state index is 0.00238. The molecule has 0 unspecified atom stereocenters. The second-order valence-electron chi connectivity index (χ2n) is 5.31. The van der Waals surface area contributed by atoms with Gasteiger partial charge in [-0.2, -0.15) is 0 Å². The zero-order valence-electron chi connectivity index (χ0n) is 14.2. The number of amides is 1. The van der Waals surface area contributed by atoms with Gasteiger partial charge in [-0.3, -0.25) is 9.59 Å². The highest BCUT2D eigenvalue weighted by Crippen LogP contribution is 2.07. The summed E-state index contributed by atoms with van der Waals surface area (Å²) in [6.45, 7) is 5.35. The maximum absolute atomic E-state index is 12.4. The van der Waals surface area contributed by atoms with E-state index in [1.165, 1.54) is 4.57 Å². The van der Waals surface area contributed by atoms with Crippen LogP contribution >= 0.6 is 0 Å². The Hall–Kier alpha value is -2.18. The third-order valence-corrected chi connectivity index (χ3v) is 3.61. The molecule has 0 aliphatic heterocycles. The predicted octanol–water partition coefficient (Wildman–Crippen LogP) is 1.91. The molecule has 1 N–H and O–H groups in total. The Morgan fingerprint density at radius 3 is 2.58 bits per heavy atom. The van der Waals surface area contributed by atoms with Crippen molar-refractivity contribution in [3.8, 4) is 0 Å².